The molecular formula is C8H15NO3Rf6-2. The summed E-state index contributed by atoms with van der Waals surface area (Å²) in [5.74, 6) is 0. The van der Waals surface area contributed by atoms with Gasteiger partial charge in [-0.25, -0.2) is 4.79 Å². The minimum Gasteiger partial charge on any atom is -0.483 e. The van der Waals surface area contributed by atoms with Crippen LogP contribution in [0.1, 0.15) is 13.3 Å². The zero-order valence-corrected chi connectivity index (χ0v) is 49.9. The van der Waals surface area contributed by atoms with Crippen LogP contribution in [0.5, 0.6) is 0 Å². The maximum absolute atomic E-state index is 10.7. The molecule has 4 nitrogen and oxygen atoms in total. The summed E-state index contributed by atoms with van der Waals surface area (Å²) in [5, 5.41) is 10.9. The number of rotatable bonds is 6. The molecule has 0 rings (SSSR count). The first-order valence-electron chi connectivity index (χ1n) is 3.96. The van der Waals surface area contributed by atoms with E-state index in [0.29, 0.717) is 13.0 Å². The van der Waals surface area contributed by atoms with E-state index in [4.69, 9.17) is 9.84 Å². The van der Waals surface area contributed by atoms with Crippen LogP contribution < -0.4 is 5.32 Å². The van der Waals surface area contributed by atoms with Crippen LogP contribution in [0.15, 0.2) is 0 Å². The molecule has 84 valence electrons. The fraction of sp³-hybridized carbons (Fsp3) is 0.625. The molecule has 0 atom stereocenters. The van der Waals surface area contributed by atoms with E-state index in [1.165, 1.54) is 0 Å². The second kappa shape index (κ2) is 48.7. The van der Waals surface area contributed by atoms with Crippen molar-refractivity contribution < 1.29 is 14.6 Å². The number of nitrogens with one attached hydrogen (secondary N) is 1. The van der Waals surface area contributed by atoms with Gasteiger partial charge in [-0.3, -0.25) is 0 Å². The number of aliphatic hydroxyl groups is 1. The van der Waals surface area contributed by atoms with Crippen LogP contribution in [0, 0.1) is 12.8 Å². The van der Waals surface area contributed by atoms with Gasteiger partial charge in [0.05, 0.1) is 0 Å². The van der Waals surface area contributed by atoms with Crippen molar-refractivity contribution in [2.75, 3.05) is 19.8 Å². The van der Waals surface area contributed by atoms with Crippen LogP contribution in [-0.4, -0.2) is 31.0 Å². The Morgan fingerprint density at radius 1 is 1.11 bits per heavy atom. The molecule has 0 radical (unpaired) electrons. The van der Waals surface area contributed by atoms with Crippen molar-refractivity contribution in [2.45, 2.75) is 13.3 Å². The fourth-order valence-corrected chi connectivity index (χ4v) is 0.590. The van der Waals surface area contributed by atoms with E-state index in [9.17, 15) is 4.79 Å². The monoisotopic (exact) mass is 1780 g/mol. The summed E-state index contributed by atoms with van der Waals surface area (Å²) in [7, 11) is 0. The summed E-state index contributed by atoms with van der Waals surface area (Å²) in [4.78, 5) is 10.7. The van der Waals surface area contributed by atoms with Gasteiger partial charge in [-0.15, -0.1) is 0 Å². The Balaban J connectivity index is -0.0000000403. The zero-order valence-electron chi connectivity index (χ0n) is 11.5. The Morgan fingerprint density at radius 3 is 2.00 bits per heavy atom. The molecule has 0 aromatic rings. The molecule has 0 aromatic carbocycles. The van der Waals surface area contributed by atoms with E-state index in [1.54, 1.807) is 12.8 Å². The maximum atomic E-state index is 10.7. The average Bonchev–Trinajstić information content (AvgIpc) is 2.05. The minimum atomic E-state index is -0.405. The SMILES string of the molecule is CCNC(=O)OC[CH-]C[CH-]CO.[Rf].[Rf].[Rf].[Rf].[Rf].[Rf]. The van der Waals surface area contributed by atoms with Crippen LogP contribution >= 0.6 is 0 Å². The standard InChI is InChI=1S/C8H15NO3.6Rf/c1-2-9-8(11)12-7-5-3-4-6-10;;;;;;/h4-5,10H,2-3,6-7H2,1H3,(H,9,11);;;;;;/q-2;;;;;;. The molecule has 0 spiro atoms. The van der Waals surface area contributed by atoms with Crippen molar-refractivity contribution in [2.24, 2.45) is 0 Å². The topological polar surface area (TPSA) is 58.6 Å². The van der Waals surface area contributed by atoms with Gasteiger partial charge in [0.1, 0.15) is 0 Å². The number of unbranched alkanes of at least 4 members (excludes halogenated alkanes) is 2. The smallest absolute Gasteiger partial charge is 0.404 e. The second-order valence-electron chi connectivity index (χ2n) is 2.12. The van der Waals surface area contributed by atoms with E-state index >= 15 is 0 Å². The minimum absolute atomic E-state index is 0. The molecule has 0 saturated carbocycles. The summed E-state index contributed by atoms with van der Waals surface area (Å²) < 4.78 is 4.72. The van der Waals surface area contributed by atoms with Crippen LogP contribution in [0.2, 0.25) is 0 Å². The largest absolute Gasteiger partial charge is 0.483 e. The van der Waals surface area contributed by atoms with Gasteiger partial charge in [-0.1, -0.05) is 6.61 Å². The van der Waals surface area contributed by atoms with Gasteiger partial charge in [-0.05, 0) is 13.5 Å². The first-order valence-corrected chi connectivity index (χ1v) is 3.96. The first-order chi connectivity index (χ1) is 5.81. The molecule has 0 unspecified atom stereocenters. The Hall–Kier alpha value is -6.77. The predicted molar refractivity (Wildman–Crippen MR) is 45.3 cm³/mol. The van der Waals surface area contributed by atoms with Crippen LogP contribution in [0.3, 0.4) is 0 Å². The van der Waals surface area contributed by atoms with Crippen molar-refractivity contribution in [3.63, 3.8) is 0 Å². The van der Waals surface area contributed by atoms with E-state index in [0.717, 1.165) is 0 Å². The third-order valence-corrected chi connectivity index (χ3v) is 1.12. The number of aliphatic hydroxyl groups excluding tert-OH is 1. The summed E-state index contributed by atoms with van der Waals surface area (Å²) >= 11 is 0. The van der Waals surface area contributed by atoms with E-state index in [2.05, 4.69) is 5.32 Å². The number of hydrogen-bond donors (Lipinski definition) is 2. The second-order valence-corrected chi connectivity index (χ2v) is 2.12. The van der Waals surface area contributed by atoms with Gasteiger partial charge >= 0.3 is 6.09 Å². The fourth-order valence-electron chi connectivity index (χ4n) is 0.590. The van der Waals surface area contributed by atoms with E-state index < -0.39 is 6.09 Å². The zero-order chi connectivity index (χ0) is 9.23. The molecule has 0 aliphatic heterocycles. The summed E-state index contributed by atoms with van der Waals surface area (Å²) in [6.07, 6.45) is 3.69. The van der Waals surface area contributed by atoms with Crippen LogP contribution in [0.25, 0.3) is 0 Å². The normalized spacial score (nSPS) is 6.33. The number of carbonyl (C=O) groups excluding carboxylic acids is 1. The first kappa shape index (κ1) is 65.7. The van der Waals surface area contributed by atoms with Gasteiger partial charge in [0.25, 0.3) is 0 Å². The molecule has 1 amide bonds. The Morgan fingerprint density at radius 2 is 1.61 bits per heavy atom. The summed E-state index contributed by atoms with van der Waals surface area (Å²) in [6, 6.07) is 0. The molecule has 0 aromatic heterocycles. The molecular weight excluding hydrogens is 1760 g/mol. The van der Waals surface area contributed by atoms with Crippen molar-refractivity contribution >= 4 is 6.09 Å². The van der Waals surface area contributed by atoms with Crippen molar-refractivity contribution in [3.8, 4) is 0 Å². The number of carbonyl (C=O) groups is 1. The third-order valence-electron chi connectivity index (χ3n) is 1.12. The van der Waals surface area contributed by atoms with Gasteiger partial charge in [0.2, 0.25) is 0 Å². The van der Waals surface area contributed by atoms with Crippen LogP contribution in [0.4, 0.5) is 4.79 Å². The van der Waals surface area contributed by atoms with Gasteiger partial charge in [0, 0.05) is 6.54 Å². The third kappa shape index (κ3) is 59.9. The summed E-state index contributed by atoms with van der Waals surface area (Å²) in [6.45, 7) is 2.73. The molecule has 0 aliphatic carbocycles. The Kier molecular flexibility index (Phi) is 178. The Bertz CT molecular complexity index is 133. The van der Waals surface area contributed by atoms with Crippen molar-refractivity contribution in [3.05, 3.63) is 12.8 Å². The Labute approximate surface area is 72.9 Å². The molecule has 2 N–H and O–H groups in total. The molecule has 18 heavy (non-hydrogen) atoms. The van der Waals surface area contributed by atoms with E-state index in [1.807, 2.05) is 6.92 Å². The maximum Gasteiger partial charge on any atom is 0.404 e. The molecule has 0 aliphatic rings. The average molecular weight is 1780 g/mol. The molecule has 10 heteroatoms. The van der Waals surface area contributed by atoms with Gasteiger partial charge in [0.15, 0.2) is 0 Å². The predicted octanol–water partition coefficient (Wildman–Crippen LogP) is 0.523. The molecule has 0 heterocycles. The quantitative estimate of drug-likeness (QED) is 0.302. The van der Waals surface area contributed by atoms with Gasteiger partial charge in [-0.2, -0.15) is 0 Å². The van der Waals surface area contributed by atoms with Crippen molar-refractivity contribution in [1.29, 1.82) is 0 Å². The molecule has 0 fully saturated rings. The number of ether oxygens (including phenoxy) is 1. The number of hydrogen-bond acceptors (Lipinski definition) is 3. The molecule has 0 bridgehead atoms. The van der Waals surface area contributed by atoms with Crippen LogP contribution in [-0.2, 0) is 4.74 Å². The number of amides is 1. The number of alkyl carbamates (subject to hydrolysis) is 1. The summed E-state index contributed by atoms with van der Waals surface area (Å²) in [5.41, 5.74) is 0. The van der Waals surface area contributed by atoms with Gasteiger partial charge < -0.3 is 34.4 Å². The van der Waals surface area contributed by atoms with E-state index in [-0.39, 0.29) is 13.2 Å². The molecule has 0 saturated heterocycles. The van der Waals surface area contributed by atoms with Crippen molar-refractivity contribution in [1.82, 2.24) is 5.32 Å².